The number of hydrogen-bond donors (Lipinski definition) is 0. The van der Waals surface area contributed by atoms with Crippen LogP contribution < -0.4 is 24.8 Å². The number of halogens is 2. The minimum absolute atomic E-state index is 0. The molecule has 6 rings (SSSR count). The molecule has 0 heterocycles. The van der Waals surface area contributed by atoms with Crippen LogP contribution in [0.4, 0.5) is 0 Å². The van der Waals surface area contributed by atoms with Gasteiger partial charge in [-0.05, 0) is 0 Å². The van der Waals surface area contributed by atoms with Crippen molar-refractivity contribution in [1.29, 1.82) is 0 Å². The van der Waals surface area contributed by atoms with Gasteiger partial charge in [0.1, 0.15) is 0 Å². The van der Waals surface area contributed by atoms with Crippen LogP contribution in [-0.2, 0) is 21.3 Å². The Morgan fingerprint density at radius 1 is 0.786 bits per heavy atom. The third kappa shape index (κ3) is 5.80. The first kappa shape index (κ1) is 33.4. The summed E-state index contributed by atoms with van der Waals surface area (Å²) in [6.45, 7) is 16.7. The van der Waals surface area contributed by atoms with Crippen molar-refractivity contribution < 1.29 is 46.1 Å². The Bertz CT molecular complexity index is 1510. The fraction of sp³-hybridized carbons (Fsp3) is 0.410. The Kier molecular flexibility index (Phi) is 10.5. The largest absolute Gasteiger partial charge is 1.00 e. The van der Waals surface area contributed by atoms with E-state index in [2.05, 4.69) is 115 Å². The molecule has 1 fully saturated rings. The van der Waals surface area contributed by atoms with Crippen molar-refractivity contribution in [3.63, 3.8) is 0 Å². The summed E-state index contributed by atoms with van der Waals surface area (Å²) in [5.74, 6) is 0.541. The smallest absolute Gasteiger partial charge is 1.00 e. The van der Waals surface area contributed by atoms with Gasteiger partial charge in [-0.1, -0.05) is 0 Å². The van der Waals surface area contributed by atoms with Crippen LogP contribution in [-0.4, -0.2) is 3.21 Å². The molecule has 0 nitrogen and oxygen atoms in total. The van der Waals surface area contributed by atoms with Gasteiger partial charge in [0.25, 0.3) is 0 Å². The minimum Gasteiger partial charge on any atom is -1.00 e. The number of aryl methyl sites for hydroxylation is 4. The molecule has 3 aliphatic carbocycles. The van der Waals surface area contributed by atoms with E-state index in [0.29, 0.717) is 15.0 Å². The fourth-order valence-corrected chi connectivity index (χ4v) is 17.4. The average Bonchev–Trinajstić information content (AvgIpc) is 3.47. The van der Waals surface area contributed by atoms with Gasteiger partial charge in [-0.25, -0.2) is 0 Å². The topological polar surface area (TPSA) is 0 Å². The van der Waals surface area contributed by atoms with Crippen LogP contribution in [0.25, 0.3) is 11.1 Å². The molecule has 1 atom stereocenters. The summed E-state index contributed by atoms with van der Waals surface area (Å²) < 4.78 is 4.14. The van der Waals surface area contributed by atoms with E-state index in [-0.39, 0.29) is 24.8 Å². The second-order valence-electron chi connectivity index (χ2n) is 13.2. The van der Waals surface area contributed by atoms with E-state index in [1.807, 2.05) is 3.28 Å². The first-order valence-corrected chi connectivity index (χ1v) is 19.5. The molecule has 0 spiro atoms. The van der Waals surface area contributed by atoms with Gasteiger partial charge < -0.3 is 24.8 Å². The quantitative estimate of drug-likeness (QED) is 0.369. The maximum Gasteiger partial charge on any atom is -1.00 e. The normalized spacial score (nSPS) is 19.1. The van der Waals surface area contributed by atoms with Crippen molar-refractivity contribution in [2.24, 2.45) is 11.3 Å². The van der Waals surface area contributed by atoms with Gasteiger partial charge in [0, 0.05) is 0 Å². The van der Waals surface area contributed by atoms with Gasteiger partial charge in [0.2, 0.25) is 0 Å². The molecule has 220 valence electrons. The Morgan fingerprint density at radius 2 is 1.31 bits per heavy atom. The van der Waals surface area contributed by atoms with Crippen LogP contribution >= 0.6 is 0 Å². The van der Waals surface area contributed by atoms with E-state index in [1.54, 1.807) is 19.9 Å². The van der Waals surface area contributed by atoms with E-state index in [1.165, 1.54) is 71.0 Å². The molecule has 0 amide bonds. The number of allylic oxidation sites excluding steroid dienone is 4. The van der Waals surface area contributed by atoms with Crippen molar-refractivity contribution in [2.45, 2.75) is 90.6 Å². The van der Waals surface area contributed by atoms with Crippen LogP contribution in [0.5, 0.6) is 0 Å². The molecule has 3 heteroatoms. The Balaban J connectivity index is 0.00000202. The van der Waals surface area contributed by atoms with Gasteiger partial charge in [-0.2, -0.15) is 0 Å². The number of hydrogen-bond acceptors (Lipinski definition) is 0. The SMILES string of the molecule is CC/[C](c1ccccc1)=[Zr+2](/[C]1=CC(C2(C)CCCCC2)=CC1C)[CH]1c2cc(C)c(C)cc2-c2cc(C)c(C)cc21.[Cl-].[Cl-]. The molecular formula is C39H46Cl2Zr. The van der Waals surface area contributed by atoms with Crippen LogP contribution in [0, 0.1) is 39.0 Å². The second-order valence-corrected chi connectivity index (χ2v) is 19.6. The summed E-state index contributed by atoms with van der Waals surface area (Å²) in [5, 5.41) is 0. The molecule has 0 N–H and O–H groups in total. The second kappa shape index (κ2) is 13.2. The Morgan fingerprint density at radius 3 is 1.83 bits per heavy atom. The van der Waals surface area contributed by atoms with E-state index >= 15 is 0 Å². The number of benzene rings is 3. The summed E-state index contributed by atoms with van der Waals surface area (Å²) in [7, 11) is 0. The van der Waals surface area contributed by atoms with Crippen LogP contribution in [0.15, 0.2) is 75.6 Å². The molecule has 3 aliphatic rings. The zero-order valence-corrected chi connectivity index (χ0v) is 30.5. The zero-order valence-electron chi connectivity index (χ0n) is 26.5. The first-order chi connectivity index (χ1) is 19.2. The van der Waals surface area contributed by atoms with Gasteiger partial charge in [0.05, 0.1) is 0 Å². The number of rotatable bonds is 5. The van der Waals surface area contributed by atoms with E-state index in [9.17, 15) is 0 Å². The van der Waals surface area contributed by atoms with Gasteiger partial charge in [0.15, 0.2) is 0 Å². The monoisotopic (exact) mass is 674 g/mol. The zero-order chi connectivity index (χ0) is 28.2. The molecule has 1 unspecified atom stereocenters. The predicted octanol–water partition coefficient (Wildman–Crippen LogP) is 4.68. The third-order valence-corrected chi connectivity index (χ3v) is 19.7. The number of fused-ring (bicyclic) bond motifs is 3. The van der Waals surface area contributed by atoms with Gasteiger partial charge >= 0.3 is 252 Å². The van der Waals surface area contributed by atoms with Crippen molar-refractivity contribution in [3.05, 3.63) is 115 Å². The molecule has 0 aliphatic heterocycles. The maximum atomic E-state index is 2.77. The van der Waals surface area contributed by atoms with E-state index in [4.69, 9.17) is 0 Å². The summed E-state index contributed by atoms with van der Waals surface area (Å²) in [4.78, 5) is 0. The van der Waals surface area contributed by atoms with Gasteiger partial charge in [-0.15, -0.1) is 0 Å². The van der Waals surface area contributed by atoms with Crippen molar-refractivity contribution in [2.75, 3.05) is 0 Å². The summed E-state index contributed by atoms with van der Waals surface area (Å²) in [6, 6.07) is 21.6. The molecule has 3 aromatic carbocycles. The maximum absolute atomic E-state index is 2.77. The predicted molar refractivity (Wildman–Crippen MR) is 170 cm³/mol. The molecule has 3 aromatic rings. The summed E-state index contributed by atoms with van der Waals surface area (Å²) >= 11 is -2.52. The van der Waals surface area contributed by atoms with Crippen LogP contribution in [0.2, 0.25) is 0 Å². The van der Waals surface area contributed by atoms with Crippen molar-refractivity contribution in [1.82, 2.24) is 0 Å². The fourth-order valence-electron chi connectivity index (χ4n) is 7.83. The first-order valence-electron chi connectivity index (χ1n) is 15.7. The van der Waals surface area contributed by atoms with E-state index < -0.39 is 21.3 Å². The molecule has 0 aromatic heterocycles. The van der Waals surface area contributed by atoms with Crippen LogP contribution in [0.3, 0.4) is 0 Å². The standard InChI is InChI=1S/C17H17.C13H19.C9H10.2ClH.Zr/c1-10-5-14-9-15-6-11(2)13(4)8-17(15)16(14)7-12(10)3;1-11-6-7-12(10-11)13(2)8-4-3-5-9-13;1-2-6-9-7-4-3-5-8-9;;;/h5-9H,1-4H3;7,10-11H,3-5,8-9H2,1-2H3;3-5,7-8H,2H2,1H3;2*1H;/q;;;;;+2/p-2. The summed E-state index contributed by atoms with van der Waals surface area (Å²) in [6.07, 6.45) is 13.5. The van der Waals surface area contributed by atoms with Crippen molar-refractivity contribution in [3.8, 4) is 11.1 Å². The van der Waals surface area contributed by atoms with Crippen molar-refractivity contribution >= 4 is 3.21 Å². The molecule has 0 saturated heterocycles. The van der Waals surface area contributed by atoms with E-state index in [0.717, 1.165) is 6.42 Å². The molecule has 0 bridgehead atoms. The Hall–Kier alpha value is -1.53. The molecular weight excluding hydrogens is 631 g/mol. The molecule has 0 radical (unpaired) electrons. The summed E-state index contributed by atoms with van der Waals surface area (Å²) in [5.41, 5.74) is 15.5. The third-order valence-electron chi connectivity index (χ3n) is 10.5. The Labute approximate surface area is 275 Å². The minimum atomic E-state index is -2.52. The molecule has 1 saturated carbocycles. The average molecular weight is 677 g/mol. The van der Waals surface area contributed by atoms with Crippen LogP contribution in [0.1, 0.15) is 102 Å². The molecule has 42 heavy (non-hydrogen) atoms. The van der Waals surface area contributed by atoms with Gasteiger partial charge in [-0.3, -0.25) is 0 Å².